The van der Waals surface area contributed by atoms with Crippen LogP contribution in [0.25, 0.3) is 0 Å². The lowest BCUT2D eigenvalue weighted by molar-refractivity contribution is -0.400. The average Bonchev–Trinajstić information content (AvgIpc) is 0.750. The second-order valence-electron chi connectivity index (χ2n) is 32.1. The molecule has 6 saturated heterocycles. The molecule has 12 unspecified atom stereocenters. The SMILES string of the molecule is CCCCCCCCCCCCC/C=C/[C@@H](O)[C@H](CO[C@@H]1OC(CO)[C@@H](O[C@@H]2OC(CO)[C@H](O)[C@H](O[C@@H]3OC(CO)[C@@H](O)[C@H](O[C@@H]4OC(CO)[C@H](O[C@@H]5OC(CO)[C@H](O)[C@H](O)C5NC(C)=O)[C@H](O[C@]5(C(=O)O)CC(O)[C@@H](NC(C)=O)C([C@H](O)[C@H](O)CO)O5)C4O)C3NC(C)=O)C2O)[C@H](O)C1O)NC(=O)CCCCCCCCCCCCCCC. The molecule has 119 heavy (non-hydrogen) atoms. The van der Waals surface area contributed by atoms with Crippen LogP contribution in [0.15, 0.2) is 12.2 Å². The number of allylic oxidation sites excluding steroid dienone is 1. The van der Waals surface area contributed by atoms with Gasteiger partial charge in [0.15, 0.2) is 31.5 Å². The maximum absolute atomic E-state index is 13.8. The van der Waals surface area contributed by atoms with Crippen molar-refractivity contribution in [3.8, 4) is 0 Å². The van der Waals surface area contributed by atoms with Crippen molar-refractivity contribution in [2.75, 3.05) is 46.2 Å². The summed E-state index contributed by atoms with van der Waals surface area (Å²) in [5.74, 6) is -8.74. The molecule has 40 heteroatoms. The third kappa shape index (κ3) is 30.6. The maximum Gasteiger partial charge on any atom is 0.364 e. The Kier molecular flexibility index (Phi) is 46.5. The second-order valence-corrected chi connectivity index (χ2v) is 32.1. The molecule has 6 rings (SSSR count). The molecule has 0 aliphatic carbocycles. The van der Waals surface area contributed by atoms with Gasteiger partial charge in [0.2, 0.25) is 23.6 Å². The summed E-state index contributed by atoms with van der Waals surface area (Å²) in [6.07, 6.45) is -28.7. The van der Waals surface area contributed by atoms with Crippen LogP contribution in [-0.2, 0) is 80.8 Å². The van der Waals surface area contributed by atoms with Gasteiger partial charge in [0.1, 0.15) is 140 Å². The quantitative estimate of drug-likeness (QED) is 0.0205. The minimum atomic E-state index is -3.42. The molecule has 0 radical (unpaired) electrons. The number of amides is 4. The van der Waals surface area contributed by atoms with E-state index >= 15 is 0 Å². The number of carboxylic acids is 1. The molecule has 0 aromatic rings. The minimum Gasteiger partial charge on any atom is -0.477 e. The average molecular weight is 1720 g/mol. The normalized spacial score (nSPS) is 36.2. The zero-order chi connectivity index (χ0) is 87.6. The number of aliphatic hydroxyl groups is 18. The van der Waals surface area contributed by atoms with Crippen molar-refractivity contribution in [2.45, 2.75) is 410 Å². The fraction of sp³-hybridized carbons (Fsp3) is 0.911. The summed E-state index contributed by atoms with van der Waals surface area (Å²) in [7, 11) is 0. The van der Waals surface area contributed by atoms with Gasteiger partial charge in [0.25, 0.3) is 5.79 Å². The summed E-state index contributed by atoms with van der Waals surface area (Å²) in [6.45, 7) is -0.0128. The van der Waals surface area contributed by atoms with Crippen LogP contribution < -0.4 is 21.3 Å². The zero-order valence-corrected chi connectivity index (χ0v) is 69.1. The van der Waals surface area contributed by atoms with Gasteiger partial charge in [-0.3, -0.25) is 19.2 Å². The van der Waals surface area contributed by atoms with Gasteiger partial charge in [0.05, 0.1) is 70.5 Å². The zero-order valence-electron chi connectivity index (χ0n) is 69.1. The molecule has 33 atom stereocenters. The monoisotopic (exact) mass is 1720 g/mol. The van der Waals surface area contributed by atoms with E-state index in [9.17, 15) is 121 Å². The van der Waals surface area contributed by atoms with Crippen LogP contribution in [0.5, 0.6) is 0 Å². The van der Waals surface area contributed by atoms with Crippen LogP contribution in [0.4, 0.5) is 0 Å². The predicted octanol–water partition coefficient (Wildman–Crippen LogP) is -3.85. The molecule has 0 aromatic heterocycles. The highest BCUT2D eigenvalue weighted by Gasteiger charge is 2.63. The summed E-state index contributed by atoms with van der Waals surface area (Å²) < 4.78 is 72.3. The van der Waals surface area contributed by atoms with Crippen molar-refractivity contribution in [3.05, 3.63) is 12.2 Å². The summed E-state index contributed by atoms with van der Waals surface area (Å²) in [5, 5.41) is 224. The molecule has 6 aliphatic heterocycles. The topological polar surface area (TPSA) is 629 Å². The lowest BCUT2D eigenvalue weighted by Crippen LogP contribution is -2.72. The van der Waals surface area contributed by atoms with E-state index in [1.807, 2.05) is 6.08 Å². The molecule has 0 spiro atoms. The number of unbranched alkanes of at least 4 members (excludes halogenated alkanes) is 23. The van der Waals surface area contributed by atoms with Gasteiger partial charge in [-0.15, -0.1) is 0 Å². The molecule has 692 valence electrons. The lowest BCUT2D eigenvalue weighted by atomic mass is 9.88. The Morgan fingerprint density at radius 2 is 0.849 bits per heavy atom. The van der Waals surface area contributed by atoms with E-state index in [0.717, 1.165) is 78.6 Å². The largest absolute Gasteiger partial charge is 0.477 e. The standard InChI is InChI=1S/C79H140N4O36/c1-6-8-10-12-14-16-18-20-22-24-26-28-30-32-46(93)45(83-54(96)33-31-29-27-25-23-21-19-17-15-13-11-9-7-2)41-108-75-64(103)63(102)67(52(39-88)112-75)114-76-65(104)71(61(100)51(38-87)111-76)117-74-57(82-44(5)92)69(60(99)50(37-86)110-74)116-77-66(105)72(68(53(40-89)113-77)115-73-56(81-43(4)91)62(101)59(98)49(36-85)109-73)119-79(78(106)107)34-47(94)55(80-42(3)90)70(118-79)58(97)48(95)35-84/h30,32,45-53,55-77,84-89,93-95,97-105H,6-29,31,33-41H2,1-5H3,(H,80,90)(H,81,91)(H,82,92)(H,83,96)(H,106,107)/b32-30+/t45-,46+,47?,48+,49?,50?,51?,52?,53?,55+,56?,57?,58+,59-,60+,61-,62+,63+,64?,65?,66?,67+,68-,69+,70?,71-,72+,73-,74-,75+,76-,77-,79-/m0/s1. The van der Waals surface area contributed by atoms with Gasteiger partial charge in [-0.05, 0) is 19.3 Å². The molecule has 6 aliphatic rings. The number of carbonyl (C=O) groups excluding carboxylic acids is 4. The Morgan fingerprint density at radius 1 is 0.437 bits per heavy atom. The molecule has 23 N–H and O–H groups in total. The van der Waals surface area contributed by atoms with Crippen LogP contribution >= 0.6 is 0 Å². The summed E-state index contributed by atoms with van der Waals surface area (Å²) in [5.41, 5.74) is 0. The molecule has 40 nitrogen and oxygen atoms in total. The van der Waals surface area contributed by atoms with E-state index in [1.54, 1.807) is 6.08 Å². The van der Waals surface area contributed by atoms with Gasteiger partial charge in [-0.2, -0.15) is 0 Å². The van der Waals surface area contributed by atoms with E-state index in [2.05, 4.69) is 35.1 Å². The van der Waals surface area contributed by atoms with Crippen LogP contribution in [0.1, 0.15) is 208 Å². The van der Waals surface area contributed by atoms with Crippen molar-refractivity contribution in [1.29, 1.82) is 0 Å². The van der Waals surface area contributed by atoms with Crippen molar-refractivity contribution in [3.63, 3.8) is 0 Å². The van der Waals surface area contributed by atoms with Gasteiger partial charge in [-0.1, -0.05) is 167 Å². The van der Waals surface area contributed by atoms with Crippen molar-refractivity contribution >= 4 is 29.6 Å². The number of aliphatic hydroxyl groups excluding tert-OH is 18. The Morgan fingerprint density at radius 3 is 1.35 bits per heavy atom. The van der Waals surface area contributed by atoms with Gasteiger partial charge >= 0.3 is 5.97 Å². The molecule has 0 aromatic carbocycles. The summed E-state index contributed by atoms with van der Waals surface area (Å²) >= 11 is 0. The Labute approximate surface area is 694 Å². The van der Waals surface area contributed by atoms with E-state index in [1.165, 1.54) is 89.9 Å². The van der Waals surface area contributed by atoms with Crippen LogP contribution in [0, 0.1) is 0 Å². The minimum absolute atomic E-state index is 0.145. The first kappa shape index (κ1) is 104. The third-order valence-corrected chi connectivity index (χ3v) is 22.6. The highest BCUT2D eigenvalue weighted by Crippen LogP contribution is 2.42. The summed E-state index contributed by atoms with van der Waals surface area (Å²) in [4.78, 5) is 65.8. The first-order chi connectivity index (χ1) is 56.9. The number of nitrogens with one attached hydrogen (secondary N) is 4. The highest BCUT2D eigenvalue weighted by molar-refractivity contribution is 5.77. The number of hydrogen-bond acceptors (Lipinski definition) is 35. The molecule has 4 amide bonds. The first-order valence-corrected chi connectivity index (χ1v) is 42.6. The third-order valence-electron chi connectivity index (χ3n) is 22.6. The summed E-state index contributed by atoms with van der Waals surface area (Å²) in [6, 6.07) is -6.75. The molecule has 6 heterocycles. The fourth-order valence-electron chi connectivity index (χ4n) is 15.8. The van der Waals surface area contributed by atoms with E-state index in [0.29, 0.717) is 12.8 Å². The van der Waals surface area contributed by atoms with Crippen LogP contribution in [0.2, 0.25) is 0 Å². The number of rotatable bonds is 54. The van der Waals surface area contributed by atoms with Crippen molar-refractivity contribution < 1.29 is 178 Å². The molecular weight excluding hydrogens is 1580 g/mol. The van der Waals surface area contributed by atoms with Crippen molar-refractivity contribution in [1.82, 2.24) is 21.3 Å². The maximum atomic E-state index is 13.8. The molecule has 0 bridgehead atoms. The Hall–Kier alpha value is -4.11. The molecular formula is C79H140N4O36. The molecule has 0 saturated carbocycles. The number of carbonyl (C=O) groups is 5. The number of ether oxygens (including phenoxy) is 12. The highest BCUT2D eigenvalue weighted by atomic mass is 16.8. The number of aliphatic carboxylic acids is 1. The van der Waals surface area contributed by atoms with Gasteiger partial charge < -0.3 is 175 Å². The van der Waals surface area contributed by atoms with E-state index in [-0.39, 0.29) is 12.3 Å². The number of carboxylic acid groups (broad SMARTS) is 1. The Balaban J connectivity index is 1.23. The molecule has 6 fully saturated rings. The van der Waals surface area contributed by atoms with E-state index < -0.39 is 278 Å². The van der Waals surface area contributed by atoms with E-state index in [4.69, 9.17) is 56.8 Å². The first-order valence-electron chi connectivity index (χ1n) is 42.6. The van der Waals surface area contributed by atoms with Gasteiger partial charge in [0, 0.05) is 33.6 Å². The van der Waals surface area contributed by atoms with Crippen LogP contribution in [-0.4, -0.2) is 375 Å². The lowest BCUT2D eigenvalue weighted by Gasteiger charge is -2.53. The predicted molar refractivity (Wildman–Crippen MR) is 413 cm³/mol. The van der Waals surface area contributed by atoms with Crippen LogP contribution in [0.3, 0.4) is 0 Å². The van der Waals surface area contributed by atoms with Crippen molar-refractivity contribution in [2.24, 2.45) is 0 Å². The number of hydrogen-bond donors (Lipinski definition) is 23. The fourth-order valence-corrected chi connectivity index (χ4v) is 15.8. The van der Waals surface area contributed by atoms with Gasteiger partial charge in [-0.25, -0.2) is 4.79 Å². The second kappa shape index (κ2) is 53.4. The Bertz CT molecular complexity index is 2920. The smallest absolute Gasteiger partial charge is 0.364 e.